The van der Waals surface area contributed by atoms with Crippen LogP contribution in [0.25, 0.3) is 0 Å². The average molecular weight is 485 g/mol. The molecule has 1 amide bonds. The number of anilines is 1. The third kappa shape index (κ3) is 5.62. The van der Waals surface area contributed by atoms with Crippen LogP contribution in [0, 0.1) is 12.8 Å². The van der Waals surface area contributed by atoms with E-state index >= 15 is 0 Å². The minimum atomic E-state index is -3.61. The smallest absolute Gasteiger partial charge is 0.240 e. The summed E-state index contributed by atoms with van der Waals surface area (Å²) in [7, 11) is -3.61. The van der Waals surface area contributed by atoms with E-state index in [0.29, 0.717) is 32.2 Å². The average Bonchev–Trinajstić information content (AvgIpc) is 2.86. The van der Waals surface area contributed by atoms with E-state index in [1.54, 1.807) is 12.1 Å². The van der Waals surface area contributed by atoms with Gasteiger partial charge in [0.05, 0.1) is 10.9 Å². The molecule has 34 heavy (non-hydrogen) atoms. The lowest BCUT2D eigenvalue weighted by atomic mass is 9.85. The van der Waals surface area contributed by atoms with Crippen LogP contribution in [-0.4, -0.2) is 51.4 Å². The van der Waals surface area contributed by atoms with Gasteiger partial charge in [0.2, 0.25) is 15.9 Å². The fraction of sp³-hybridized carbons (Fsp3) is 0.500. The molecule has 1 aliphatic heterocycles. The minimum Gasteiger partial charge on any atom is -0.385 e. The van der Waals surface area contributed by atoms with E-state index < -0.39 is 10.0 Å². The van der Waals surface area contributed by atoms with Gasteiger partial charge in [-0.15, -0.1) is 0 Å². The Balaban J connectivity index is 1.37. The van der Waals surface area contributed by atoms with Gasteiger partial charge in [-0.1, -0.05) is 36.4 Å². The van der Waals surface area contributed by atoms with E-state index in [-0.39, 0.29) is 28.8 Å². The van der Waals surface area contributed by atoms with Gasteiger partial charge in [-0.25, -0.2) is 13.1 Å². The summed E-state index contributed by atoms with van der Waals surface area (Å²) in [5.74, 6) is 0.148. The first-order valence-corrected chi connectivity index (χ1v) is 13.8. The van der Waals surface area contributed by atoms with Crippen molar-refractivity contribution in [3.8, 4) is 0 Å². The maximum Gasteiger partial charge on any atom is 0.240 e. The third-order valence-corrected chi connectivity index (χ3v) is 8.51. The molecule has 1 aliphatic carbocycles. The number of carbonyl (C=O) groups excluding carboxylic acids is 1. The SMILES string of the molecule is CCNc1cc(S(=O)(=O)N[C@H]2CC[C@H](C(=O)N3CCNC[C@@H]3c3ccccc3)CC2)ccc1C. The topological polar surface area (TPSA) is 90.5 Å². The summed E-state index contributed by atoms with van der Waals surface area (Å²) >= 11 is 0. The van der Waals surface area contributed by atoms with Gasteiger partial charge in [0.25, 0.3) is 0 Å². The van der Waals surface area contributed by atoms with Crippen LogP contribution in [0.2, 0.25) is 0 Å². The predicted molar refractivity (Wildman–Crippen MR) is 135 cm³/mol. The number of hydrogen-bond donors (Lipinski definition) is 3. The van der Waals surface area contributed by atoms with Gasteiger partial charge in [0, 0.05) is 43.8 Å². The summed E-state index contributed by atoms with van der Waals surface area (Å²) in [4.78, 5) is 15.7. The molecule has 4 rings (SSSR count). The molecule has 2 aromatic rings. The standard InChI is InChI=1S/C26H36N4O3S/c1-3-28-24-17-23(14-9-19(24)2)34(32,33)29-22-12-10-21(11-13-22)26(31)30-16-15-27-18-25(30)20-7-5-4-6-8-20/h4-9,14,17,21-22,25,27-29H,3,10-13,15-16,18H2,1-2H3/t21-,22-,25-/m1/s1. The number of sulfonamides is 1. The van der Waals surface area contributed by atoms with Crippen molar-refractivity contribution in [1.82, 2.24) is 14.9 Å². The normalized spacial score (nSPS) is 23.5. The Morgan fingerprint density at radius 1 is 1.09 bits per heavy atom. The molecule has 0 spiro atoms. The zero-order valence-electron chi connectivity index (χ0n) is 20.1. The van der Waals surface area contributed by atoms with Crippen molar-refractivity contribution in [2.75, 3.05) is 31.5 Å². The Bertz CT molecular complexity index is 1080. The van der Waals surface area contributed by atoms with Crippen LogP contribution in [-0.2, 0) is 14.8 Å². The summed E-state index contributed by atoms with van der Waals surface area (Å²) in [6, 6.07) is 15.3. The molecular formula is C26H36N4O3S. The second kappa shape index (κ2) is 10.9. The molecule has 0 unspecified atom stereocenters. The zero-order valence-corrected chi connectivity index (χ0v) is 20.9. The quantitative estimate of drug-likeness (QED) is 0.560. The fourth-order valence-corrected chi connectivity index (χ4v) is 6.40. The van der Waals surface area contributed by atoms with Gasteiger partial charge in [0.15, 0.2) is 0 Å². The number of carbonyl (C=O) groups is 1. The molecule has 2 aromatic carbocycles. The molecule has 2 fully saturated rings. The van der Waals surface area contributed by atoms with Crippen molar-refractivity contribution in [2.24, 2.45) is 5.92 Å². The monoisotopic (exact) mass is 484 g/mol. The number of hydrogen-bond acceptors (Lipinski definition) is 5. The number of rotatable bonds is 7. The van der Waals surface area contributed by atoms with E-state index in [0.717, 1.165) is 36.4 Å². The summed E-state index contributed by atoms with van der Waals surface area (Å²) < 4.78 is 28.9. The lowest BCUT2D eigenvalue weighted by molar-refractivity contribution is -0.140. The number of benzene rings is 2. The highest BCUT2D eigenvalue weighted by Crippen LogP contribution is 2.31. The largest absolute Gasteiger partial charge is 0.385 e. The Morgan fingerprint density at radius 2 is 1.82 bits per heavy atom. The molecule has 1 atom stereocenters. The van der Waals surface area contributed by atoms with Crippen molar-refractivity contribution >= 4 is 21.6 Å². The lowest BCUT2D eigenvalue weighted by Gasteiger charge is -2.40. The molecular weight excluding hydrogens is 448 g/mol. The molecule has 8 heteroatoms. The van der Waals surface area contributed by atoms with E-state index in [1.807, 2.05) is 43.0 Å². The van der Waals surface area contributed by atoms with Crippen LogP contribution in [0.3, 0.4) is 0 Å². The Kier molecular flexibility index (Phi) is 7.91. The van der Waals surface area contributed by atoms with E-state index in [1.165, 1.54) is 0 Å². The van der Waals surface area contributed by atoms with E-state index in [9.17, 15) is 13.2 Å². The van der Waals surface area contributed by atoms with Gasteiger partial charge in [-0.2, -0.15) is 0 Å². The van der Waals surface area contributed by atoms with Crippen molar-refractivity contribution in [2.45, 2.75) is 56.5 Å². The van der Waals surface area contributed by atoms with Gasteiger partial charge in [0.1, 0.15) is 0 Å². The Hall–Kier alpha value is -2.42. The molecule has 1 saturated carbocycles. The molecule has 0 aromatic heterocycles. The summed E-state index contributed by atoms with van der Waals surface area (Å²) in [6.07, 6.45) is 2.75. The number of nitrogens with zero attached hydrogens (tertiary/aromatic N) is 1. The van der Waals surface area contributed by atoms with Crippen LogP contribution < -0.4 is 15.4 Å². The van der Waals surface area contributed by atoms with Crippen LogP contribution in [0.5, 0.6) is 0 Å². The van der Waals surface area contributed by atoms with Crippen LogP contribution >= 0.6 is 0 Å². The zero-order chi connectivity index (χ0) is 24.1. The van der Waals surface area contributed by atoms with Gasteiger partial charge < -0.3 is 15.5 Å². The minimum absolute atomic E-state index is 0.0474. The van der Waals surface area contributed by atoms with E-state index in [4.69, 9.17) is 0 Å². The lowest BCUT2D eigenvalue weighted by Crippen LogP contribution is -2.51. The second-order valence-corrected chi connectivity index (χ2v) is 11.1. The fourth-order valence-electron chi connectivity index (χ4n) is 5.07. The maximum absolute atomic E-state index is 13.4. The van der Waals surface area contributed by atoms with Crippen molar-refractivity contribution in [3.05, 3.63) is 59.7 Å². The molecule has 3 N–H and O–H groups in total. The number of aryl methyl sites for hydroxylation is 1. The number of piperazine rings is 1. The number of amides is 1. The highest BCUT2D eigenvalue weighted by atomic mass is 32.2. The van der Waals surface area contributed by atoms with Crippen LogP contribution in [0.1, 0.15) is 49.8 Å². The Morgan fingerprint density at radius 3 is 2.53 bits per heavy atom. The summed E-state index contributed by atoms with van der Waals surface area (Å²) in [5.41, 5.74) is 3.00. The molecule has 2 aliphatic rings. The molecule has 0 bridgehead atoms. The third-order valence-electron chi connectivity index (χ3n) is 7.00. The van der Waals surface area contributed by atoms with Crippen LogP contribution in [0.4, 0.5) is 5.69 Å². The Labute approximate surface area is 203 Å². The van der Waals surface area contributed by atoms with Crippen molar-refractivity contribution in [1.29, 1.82) is 0 Å². The van der Waals surface area contributed by atoms with E-state index in [2.05, 4.69) is 27.5 Å². The molecule has 184 valence electrons. The molecule has 0 radical (unpaired) electrons. The highest BCUT2D eigenvalue weighted by Gasteiger charge is 2.35. The van der Waals surface area contributed by atoms with Crippen molar-refractivity contribution < 1.29 is 13.2 Å². The first kappa shape index (κ1) is 24.7. The number of nitrogens with one attached hydrogen (secondary N) is 3. The van der Waals surface area contributed by atoms with Gasteiger partial charge in [-0.3, -0.25) is 4.79 Å². The highest BCUT2D eigenvalue weighted by molar-refractivity contribution is 7.89. The molecule has 7 nitrogen and oxygen atoms in total. The predicted octanol–water partition coefficient (Wildman–Crippen LogP) is 3.44. The summed E-state index contributed by atoms with van der Waals surface area (Å²) in [6.45, 7) is 6.94. The second-order valence-electron chi connectivity index (χ2n) is 9.34. The molecule has 1 heterocycles. The first-order valence-electron chi connectivity index (χ1n) is 12.3. The van der Waals surface area contributed by atoms with Gasteiger partial charge >= 0.3 is 0 Å². The molecule has 1 saturated heterocycles. The maximum atomic E-state index is 13.4. The summed E-state index contributed by atoms with van der Waals surface area (Å²) in [5, 5.41) is 6.63. The van der Waals surface area contributed by atoms with Gasteiger partial charge in [-0.05, 0) is 62.8 Å². The first-order chi connectivity index (χ1) is 16.4. The van der Waals surface area contributed by atoms with Crippen LogP contribution in [0.15, 0.2) is 53.4 Å². The van der Waals surface area contributed by atoms with Crippen molar-refractivity contribution in [3.63, 3.8) is 0 Å².